The van der Waals surface area contributed by atoms with Gasteiger partial charge in [-0.05, 0) is 49.6 Å². The first kappa shape index (κ1) is 22.1. The zero-order valence-corrected chi connectivity index (χ0v) is 19.0. The third-order valence-corrected chi connectivity index (χ3v) is 6.87. The summed E-state index contributed by atoms with van der Waals surface area (Å²) in [5.41, 5.74) is 1.41. The Bertz CT molecular complexity index is 1160. The average molecular weight is 463 g/mol. The molecule has 2 fully saturated rings. The van der Waals surface area contributed by atoms with Crippen molar-refractivity contribution in [2.45, 2.75) is 45.1 Å². The molecule has 9 heteroatoms. The number of hydrogen-bond donors (Lipinski definition) is 3. The Hall–Kier alpha value is -3.72. The van der Waals surface area contributed by atoms with Crippen LogP contribution < -0.4 is 20.9 Å². The Morgan fingerprint density at radius 3 is 2.50 bits per heavy atom. The minimum atomic E-state index is -1.56. The predicted octanol–water partition coefficient (Wildman–Crippen LogP) is 1.51. The lowest BCUT2D eigenvalue weighted by Crippen LogP contribution is -2.75. The first-order valence-corrected chi connectivity index (χ1v) is 11.3. The molecule has 3 atom stereocenters. The maximum absolute atomic E-state index is 13.2. The number of nitrogens with one attached hydrogen (secondary N) is 3. The molecule has 9 nitrogen and oxygen atoms in total. The van der Waals surface area contributed by atoms with Crippen LogP contribution in [-0.2, 0) is 27.3 Å². The van der Waals surface area contributed by atoms with Crippen LogP contribution in [0.4, 0.5) is 10.5 Å². The molecule has 0 radical (unpaired) electrons. The number of hydrogen-bond acceptors (Lipinski definition) is 6. The maximum Gasteiger partial charge on any atom is 0.328 e. The van der Waals surface area contributed by atoms with E-state index in [0.717, 1.165) is 11.3 Å². The lowest BCUT2D eigenvalue weighted by atomic mass is 9.66. The second kappa shape index (κ2) is 8.25. The topological polar surface area (TPSA) is 117 Å². The number of barbiturate groups is 1. The Morgan fingerprint density at radius 1 is 1.09 bits per heavy atom. The number of rotatable bonds is 3. The molecule has 2 aromatic carbocycles. The second-order valence-corrected chi connectivity index (χ2v) is 9.15. The highest BCUT2D eigenvalue weighted by Crippen LogP contribution is 2.46. The minimum absolute atomic E-state index is 0.0519. The minimum Gasteiger partial charge on any atom is -0.372 e. The molecule has 3 aliphatic rings. The van der Waals surface area contributed by atoms with Gasteiger partial charge in [0.2, 0.25) is 11.8 Å². The number of anilines is 1. The smallest absolute Gasteiger partial charge is 0.328 e. The van der Waals surface area contributed by atoms with Gasteiger partial charge in [0.1, 0.15) is 0 Å². The fourth-order valence-electron chi connectivity index (χ4n) is 5.47. The van der Waals surface area contributed by atoms with Gasteiger partial charge in [-0.15, -0.1) is 0 Å². The van der Waals surface area contributed by atoms with E-state index in [4.69, 9.17) is 4.74 Å². The van der Waals surface area contributed by atoms with Crippen molar-refractivity contribution in [1.29, 1.82) is 0 Å². The number of urea groups is 1. The molecule has 5 rings (SSSR count). The molecule has 0 aliphatic carbocycles. The first-order chi connectivity index (χ1) is 16.3. The van der Waals surface area contributed by atoms with E-state index in [9.17, 15) is 19.2 Å². The lowest BCUT2D eigenvalue weighted by molar-refractivity contribution is -0.153. The summed E-state index contributed by atoms with van der Waals surface area (Å²) >= 11 is 0. The highest BCUT2D eigenvalue weighted by atomic mass is 16.5. The van der Waals surface area contributed by atoms with Crippen molar-refractivity contribution in [3.63, 3.8) is 0 Å². The number of morpholine rings is 1. The third-order valence-electron chi connectivity index (χ3n) is 6.87. The summed E-state index contributed by atoms with van der Waals surface area (Å²) in [6.07, 6.45) is -0.508. The van der Waals surface area contributed by atoms with Crippen LogP contribution in [0, 0.1) is 5.41 Å². The molecule has 176 valence electrons. The number of imide groups is 2. The van der Waals surface area contributed by atoms with Crippen molar-refractivity contribution >= 4 is 29.4 Å². The molecule has 2 saturated heterocycles. The van der Waals surface area contributed by atoms with Crippen molar-refractivity contribution in [1.82, 2.24) is 16.0 Å². The molecule has 3 heterocycles. The van der Waals surface area contributed by atoms with E-state index in [0.29, 0.717) is 24.2 Å². The fourth-order valence-corrected chi connectivity index (χ4v) is 5.47. The van der Waals surface area contributed by atoms with E-state index in [1.165, 1.54) is 0 Å². The van der Waals surface area contributed by atoms with E-state index in [-0.39, 0.29) is 18.4 Å². The number of benzene rings is 2. The summed E-state index contributed by atoms with van der Waals surface area (Å²) in [6, 6.07) is 13.5. The molecule has 0 aromatic heterocycles. The molecule has 0 bridgehead atoms. The number of nitrogens with zero attached hydrogens (tertiary/aromatic N) is 1. The Balaban J connectivity index is 1.51. The van der Waals surface area contributed by atoms with Crippen molar-refractivity contribution in [2.75, 3.05) is 11.4 Å². The van der Waals surface area contributed by atoms with Crippen molar-refractivity contribution in [2.24, 2.45) is 5.41 Å². The van der Waals surface area contributed by atoms with Crippen LogP contribution in [0.3, 0.4) is 0 Å². The normalized spacial score (nSPS) is 25.2. The second-order valence-electron chi connectivity index (χ2n) is 9.15. The van der Waals surface area contributed by atoms with Crippen LogP contribution in [0.15, 0.2) is 48.5 Å². The summed E-state index contributed by atoms with van der Waals surface area (Å²) in [4.78, 5) is 53.1. The highest BCUT2D eigenvalue weighted by Gasteiger charge is 2.62. The van der Waals surface area contributed by atoms with Crippen LogP contribution in [0.2, 0.25) is 0 Å². The van der Waals surface area contributed by atoms with Gasteiger partial charge in [0.15, 0.2) is 5.41 Å². The first-order valence-electron chi connectivity index (χ1n) is 11.3. The van der Waals surface area contributed by atoms with Gasteiger partial charge in [-0.2, -0.15) is 0 Å². The number of carbonyl (C=O) groups excluding carboxylic acids is 4. The summed E-state index contributed by atoms with van der Waals surface area (Å²) in [5, 5.41) is 7.45. The van der Waals surface area contributed by atoms with Gasteiger partial charge in [-0.3, -0.25) is 25.0 Å². The van der Waals surface area contributed by atoms with E-state index < -0.39 is 35.4 Å². The van der Waals surface area contributed by atoms with E-state index in [1.54, 1.807) is 12.1 Å². The van der Waals surface area contributed by atoms with Gasteiger partial charge in [0.05, 0.1) is 18.2 Å². The van der Waals surface area contributed by atoms with Crippen LogP contribution in [-0.4, -0.2) is 48.5 Å². The Labute approximate surface area is 196 Å². The summed E-state index contributed by atoms with van der Waals surface area (Å²) < 4.78 is 6.01. The molecule has 1 spiro atoms. The Kier molecular flexibility index (Phi) is 5.36. The molecule has 34 heavy (non-hydrogen) atoms. The third kappa shape index (κ3) is 3.52. The molecule has 0 saturated carbocycles. The number of carbonyl (C=O) groups is 4. The quantitative estimate of drug-likeness (QED) is 0.596. The maximum atomic E-state index is 13.2. The van der Waals surface area contributed by atoms with Gasteiger partial charge >= 0.3 is 6.03 Å². The highest BCUT2D eigenvalue weighted by molar-refractivity contribution is 6.20. The van der Waals surface area contributed by atoms with E-state index >= 15 is 0 Å². The zero-order valence-electron chi connectivity index (χ0n) is 19.0. The molecule has 0 unspecified atom stereocenters. The van der Waals surface area contributed by atoms with Gasteiger partial charge in [0, 0.05) is 24.3 Å². The van der Waals surface area contributed by atoms with Gasteiger partial charge in [0.25, 0.3) is 5.91 Å². The van der Waals surface area contributed by atoms with Crippen molar-refractivity contribution in [3.8, 4) is 0 Å². The molecule has 3 N–H and O–H groups in total. The van der Waals surface area contributed by atoms with Crippen molar-refractivity contribution < 1.29 is 23.9 Å². The molecular formula is C25H26N4O5. The van der Waals surface area contributed by atoms with E-state index in [2.05, 4.69) is 16.0 Å². The molecule has 2 aromatic rings. The number of amides is 5. The van der Waals surface area contributed by atoms with Gasteiger partial charge < -0.3 is 15.0 Å². The lowest BCUT2D eigenvalue weighted by Gasteiger charge is -2.55. The van der Waals surface area contributed by atoms with E-state index in [1.807, 2.05) is 55.1 Å². The fraction of sp³-hybridized carbons (Fsp3) is 0.360. The predicted molar refractivity (Wildman–Crippen MR) is 123 cm³/mol. The standard InChI is InChI=1S/C25H26N4O5/c1-14-13-29-19-9-8-17(21(30)26-12-16-6-4-3-5-7-16)10-18(19)11-25(20(29)15(2)34-14)22(31)27-24(33)28-23(25)32/h3-10,14-15,20H,11-13H2,1-2H3,(H,26,30)(H2,27,28,31,32,33)/t14-,15+,20-/m1/s1. The molecule has 3 aliphatic heterocycles. The monoisotopic (exact) mass is 462 g/mol. The Morgan fingerprint density at radius 2 is 1.79 bits per heavy atom. The van der Waals surface area contributed by atoms with Crippen molar-refractivity contribution in [3.05, 3.63) is 65.2 Å². The molecule has 5 amide bonds. The molecular weight excluding hydrogens is 436 g/mol. The van der Waals surface area contributed by atoms with Gasteiger partial charge in [-0.25, -0.2) is 4.79 Å². The zero-order chi connectivity index (χ0) is 24.0. The summed E-state index contributed by atoms with van der Waals surface area (Å²) in [5.74, 6) is -1.55. The SMILES string of the molecule is C[C@@H]1CN2c3ccc(C(=O)NCc4ccccc4)cc3CC3(C(=O)NC(=O)NC3=O)[C@H]2[C@H](C)O1. The largest absolute Gasteiger partial charge is 0.372 e. The number of fused-ring (bicyclic) bond motifs is 4. The average Bonchev–Trinajstić information content (AvgIpc) is 2.80. The van der Waals surface area contributed by atoms with Crippen LogP contribution in [0.1, 0.15) is 35.3 Å². The summed E-state index contributed by atoms with van der Waals surface area (Å²) in [6.45, 7) is 4.62. The van der Waals surface area contributed by atoms with Gasteiger partial charge in [-0.1, -0.05) is 30.3 Å². The summed E-state index contributed by atoms with van der Waals surface area (Å²) in [7, 11) is 0. The van der Waals surface area contributed by atoms with Crippen LogP contribution in [0.25, 0.3) is 0 Å². The van der Waals surface area contributed by atoms with Crippen LogP contribution in [0.5, 0.6) is 0 Å². The number of ether oxygens (including phenoxy) is 1. The van der Waals surface area contributed by atoms with Crippen LogP contribution >= 0.6 is 0 Å².